The lowest BCUT2D eigenvalue weighted by Gasteiger charge is -2.10. The number of nitrogens with zero attached hydrogens (tertiary/aromatic N) is 5. The third-order valence-electron chi connectivity index (χ3n) is 9.78. The summed E-state index contributed by atoms with van der Waals surface area (Å²) in [6.45, 7) is 0. The zero-order chi connectivity index (χ0) is 36.6. The van der Waals surface area contributed by atoms with Gasteiger partial charge in [-0.2, -0.15) is 0 Å². The highest BCUT2D eigenvalue weighted by Crippen LogP contribution is 2.41. The zero-order valence-electron chi connectivity index (χ0n) is 29.5. The summed E-state index contributed by atoms with van der Waals surface area (Å²) >= 11 is 1.77. The van der Waals surface area contributed by atoms with Crippen LogP contribution in [-0.4, -0.2) is 24.9 Å². The molecule has 0 aliphatic rings. The van der Waals surface area contributed by atoms with Gasteiger partial charge in [0.1, 0.15) is 0 Å². The van der Waals surface area contributed by atoms with Crippen LogP contribution >= 0.6 is 11.3 Å². The smallest absolute Gasteiger partial charge is 0.165 e. The fourth-order valence-electron chi connectivity index (χ4n) is 6.98. The van der Waals surface area contributed by atoms with Crippen molar-refractivity contribution >= 4 is 31.5 Å². The van der Waals surface area contributed by atoms with Crippen LogP contribution in [0.3, 0.4) is 0 Å². The average Bonchev–Trinajstić information content (AvgIpc) is 3.66. The van der Waals surface area contributed by atoms with E-state index in [0.717, 1.165) is 60.6 Å². The van der Waals surface area contributed by atoms with E-state index in [-0.39, 0.29) is 0 Å². The van der Waals surface area contributed by atoms with Crippen molar-refractivity contribution in [3.05, 3.63) is 188 Å². The Labute approximate surface area is 322 Å². The third-order valence-corrected chi connectivity index (χ3v) is 11.0. The van der Waals surface area contributed by atoms with Gasteiger partial charge in [-0.15, -0.1) is 11.3 Å². The van der Waals surface area contributed by atoms with Gasteiger partial charge >= 0.3 is 0 Å². The minimum Gasteiger partial charge on any atom is -0.228 e. The van der Waals surface area contributed by atoms with Gasteiger partial charge in [-0.1, -0.05) is 164 Å². The van der Waals surface area contributed by atoms with Gasteiger partial charge in [0, 0.05) is 53.6 Å². The summed E-state index contributed by atoms with van der Waals surface area (Å²) in [5.74, 6) is 2.68. The maximum absolute atomic E-state index is 5.04. The van der Waals surface area contributed by atoms with Gasteiger partial charge in [-0.3, -0.25) is 0 Å². The SMILES string of the molecule is c1ccc(-c2cc(-c3ccc(-c4ccc5sc6c(-c7nc(-c8ccccc8)nc(-c8ccccc8)n7)cccc6c5c4)cc3)nc(-c3ccccc3)n2)cc1. The van der Waals surface area contributed by atoms with Crippen molar-refractivity contribution < 1.29 is 0 Å². The van der Waals surface area contributed by atoms with Gasteiger partial charge in [0.15, 0.2) is 23.3 Å². The maximum Gasteiger partial charge on any atom is 0.165 e. The standard InChI is InChI=1S/C49H31N5S/c1-5-14-33(15-6-1)42-31-43(51-46(50-42)35-16-7-2-8-17-35)34-26-24-32(25-27-34)38-28-29-44-41(30-38)39-22-13-23-40(45(39)55-44)49-53-47(36-18-9-3-10-19-36)52-48(54-49)37-20-11-4-12-21-37/h1-31H. The predicted octanol–water partition coefficient (Wildman–Crippen LogP) is 12.7. The second-order valence-electron chi connectivity index (χ2n) is 13.3. The van der Waals surface area contributed by atoms with E-state index in [2.05, 4.69) is 91.0 Å². The highest BCUT2D eigenvalue weighted by Gasteiger charge is 2.17. The monoisotopic (exact) mass is 721 g/mol. The molecule has 10 aromatic rings. The van der Waals surface area contributed by atoms with E-state index in [1.807, 2.05) is 97.1 Å². The van der Waals surface area contributed by atoms with E-state index >= 15 is 0 Å². The van der Waals surface area contributed by atoms with Crippen LogP contribution in [0.15, 0.2) is 188 Å². The summed E-state index contributed by atoms with van der Waals surface area (Å²) in [5, 5.41) is 2.39. The number of rotatable bonds is 7. The minimum absolute atomic E-state index is 0.655. The number of hydrogen-bond donors (Lipinski definition) is 0. The van der Waals surface area contributed by atoms with E-state index in [1.54, 1.807) is 11.3 Å². The second kappa shape index (κ2) is 14.0. The highest BCUT2D eigenvalue weighted by molar-refractivity contribution is 7.26. The van der Waals surface area contributed by atoms with E-state index in [1.165, 1.54) is 15.5 Å². The van der Waals surface area contributed by atoms with Crippen LogP contribution in [0.25, 0.3) is 99.4 Å². The molecule has 10 rings (SSSR count). The molecule has 0 N–H and O–H groups in total. The van der Waals surface area contributed by atoms with Crippen molar-refractivity contribution in [2.75, 3.05) is 0 Å². The Morgan fingerprint density at radius 3 is 1.31 bits per heavy atom. The first-order valence-corrected chi connectivity index (χ1v) is 19.0. The van der Waals surface area contributed by atoms with E-state index in [4.69, 9.17) is 24.9 Å². The van der Waals surface area contributed by atoms with Crippen molar-refractivity contribution in [1.82, 2.24) is 24.9 Å². The largest absolute Gasteiger partial charge is 0.228 e. The molecule has 0 atom stereocenters. The minimum atomic E-state index is 0.655. The quantitative estimate of drug-likeness (QED) is 0.164. The van der Waals surface area contributed by atoms with Gasteiger partial charge in [0.2, 0.25) is 0 Å². The summed E-state index contributed by atoms with van der Waals surface area (Å²) in [5.41, 5.74) is 10.1. The Hall–Kier alpha value is -7.15. The fraction of sp³-hybridized carbons (Fsp3) is 0. The summed E-state index contributed by atoms with van der Waals surface area (Å²) in [4.78, 5) is 25.0. The van der Waals surface area contributed by atoms with Crippen LogP contribution in [0, 0.1) is 0 Å². The first-order valence-electron chi connectivity index (χ1n) is 18.2. The molecule has 7 aromatic carbocycles. The lowest BCUT2D eigenvalue weighted by molar-refractivity contribution is 1.08. The summed E-state index contributed by atoms with van der Waals surface area (Å²) in [6.07, 6.45) is 0. The van der Waals surface area contributed by atoms with Crippen LogP contribution in [0.5, 0.6) is 0 Å². The molecule has 6 heteroatoms. The van der Waals surface area contributed by atoms with Crippen LogP contribution in [0.1, 0.15) is 0 Å². The number of benzene rings is 7. The summed E-state index contributed by atoms with van der Waals surface area (Å²) in [6, 6.07) is 64.6. The summed E-state index contributed by atoms with van der Waals surface area (Å²) in [7, 11) is 0. The molecule has 0 saturated heterocycles. The molecule has 0 aliphatic carbocycles. The molecule has 0 radical (unpaired) electrons. The highest BCUT2D eigenvalue weighted by atomic mass is 32.1. The molecule has 0 aliphatic heterocycles. The van der Waals surface area contributed by atoms with Gasteiger partial charge in [0.05, 0.1) is 11.4 Å². The van der Waals surface area contributed by atoms with Crippen molar-refractivity contribution in [2.24, 2.45) is 0 Å². The van der Waals surface area contributed by atoms with Crippen molar-refractivity contribution in [3.63, 3.8) is 0 Å². The average molecular weight is 722 g/mol. The molecular weight excluding hydrogens is 691 g/mol. The molecule has 258 valence electrons. The lowest BCUT2D eigenvalue weighted by atomic mass is 9.99. The van der Waals surface area contributed by atoms with Gasteiger partial charge in [-0.25, -0.2) is 24.9 Å². The third kappa shape index (κ3) is 6.35. The van der Waals surface area contributed by atoms with E-state index < -0.39 is 0 Å². The first kappa shape index (κ1) is 32.5. The molecule has 0 saturated carbocycles. The Morgan fingerprint density at radius 2 is 0.745 bits per heavy atom. The molecular formula is C49H31N5S. The van der Waals surface area contributed by atoms with Crippen LogP contribution < -0.4 is 0 Å². The van der Waals surface area contributed by atoms with Crippen LogP contribution in [0.2, 0.25) is 0 Å². The predicted molar refractivity (Wildman–Crippen MR) is 226 cm³/mol. The van der Waals surface area contributed by atoms with Gasteiger partial charge in [0.25, 0.3) is 0 Å². The van der Waals surface area contributed by atoms with Gasteiger partial charge < -0.3 is 0 Å². The normalized spacial score (nSPS) is 11.3. The van der Waals surface area contributed by atoms with E-state index in [0.29, 0.717) is 23.3 Å². The Morgan fingerprint density at radius 1 is 0.291 bits per heavy atom. The molecule has 0 fully saturated rings. The van der Waals surface area contributed by atoms with Crippen molar-refractivity contribution in [2.45, 2.75) is 0 Å². The Kier molecular flexibility index (Phi) is 8.28. The Bertz CT molecular complexity index is 2830. The maximum atomic E-state index is 5.04. The number of fused-ring (bicyclic) bond motifs is 3. The van der Waals surface area contributed by atoms with Gasteiger partial charge in [-0.05, 0) is 35.4 Å². The molecule has 3 aromatic heterocycles. The Balaban J connectivity index is 1.03. The lowest BCUT2D eigenvalue weighted by Crippen LogP contribution is -2.00. The molecule has 0 amide bonds. The fourth-order valence-corrected chi connectivity index (χ4v) is 8.18. The molecule has 5 nitrogen and oxygen atoms in total. The molecule has 0 spiro atoms. The zero-order valence-corrected chi connectivity index (χ0v) is 30.4. The topological polar surface area (TPSA) is 64.5 Å². The number of thiophene rings is 1. The molecule has 3 heterocycles. The second-order valence-corrected chi connectivity index (χ2v) is 14.4. The summed E-state index contributed by atoms with van der Waals surface area (Å²) < 4.78 is 2.37. The number of hydrogen-bond acceptors (Lipinski definition) is 6. The number of aromatic nitrogens is 5. The molecule has 55 heavy (non-hydrogen) atoms. The first-order chi connectivity index (χ1) is 27.2. The molecule has 0 unspecified atom stereocenters. The van der Waals surface area contributed by atoms with Crippen molar-refractivity contribution in [3.8, 4) is 79.2 Å². The van der Waals surface area contributed by atoms with Crippen LogP contribution in [0.4, 0.5) is 0 Å². The van der Waals surface area contributed by atoms with E-state index in [9.17, 15) is 0 Å². The van der Waals surface area contributed by atoms with Crippen LogP contribution in [-0.2, 0) is 0 Å². The molecule has 0 bridgehead atoms. The van der Waals surface area contributed by atoms with Crippen molar-refractivity contribution in [1.29, 1.82) is 0 Å².